The van der Waals surface area contributed by atoms with Gasteiger partial charge in [-0.3, -0.25) is 14.4 Å². The van der Waals surface area contributed by atoms with E-state index in [4.69, 9.17) is 4.52 Å². The molecule has 1 fully saturated rings. The fourth-order valence-electron chi connectivity index (χ4n) is 4.49. The molecule has 2 N–H and O–H groups in total. The number of aromatic nitrogens is 4. The Morgan fingerprint density at radius 2 is 1.91 bits per heavy atom. The predicted octanol–water partition coefficient (Wildman–Crippen LogP) is 3.63. The highest BCUT2D eigenvalue weighted by Crippen LogP contribution is 2.27. The van der Waals surface area contributed by atoms with E-state index in [9.17, 15) is 15.0 Å². The Balaban J connectivity index is 1.27. The lowest BCUT2D eigenvalue weighted by molar-refractivity contribution is -0.143. The molecule has 0 saturated carbocycles. The number of likely N-dealkylation sites (tertiary alicyclic amines) is 1. The van der Waals surface area contributed by atoms with Crippen molar-refractivity contribution < 1.29 is 19.5 Å². The van der Waals surface area contributed by atoms with Crippen molar-refractivity contribution in [1.82, 2.24) is 24.8 Å². The van der Waals surface area contributed by atoms with E-state index < -0.39 is 12.1 Å². The van der Waals surface area contributed by atoms with E-state index in [0.717, 1.165) is 41.0 Å². The Morgan fingerprint density at radius 1 is 1.14 bits per heavy atom. The molecule has 5 rings (SSSR count). The predicted molar refractivity (Wildman–Crippen MR) is 129 cm³/mol. The van der Waals surface area contributed by atoms with Crippen LogP contribution >= 0.6 is 0 Å². The number of hydrogen-bond donors (Lipinski definition) is 2. The molecule has 1 saturated heterocycles. The summed E-state index contributed by atoms with van der Waals surface area (Å²) in [5.41, 5.74) is 4.08. The summed E-state index contributed by atoms with van der Waals surface area (Å²) >= 11 is 0. The molecule has 180 valence electrons. The summed E-state index contributed by atoms with van der Waals surface area (Å²) in [6.07, 6.45) is 0.811. The number of β-amino-alcohol motifs (C(OH)–C–C–N with tert-alkyl or cyclic N) is 1. The molecule has 0 bridgehead atoms. The van der Waals surface area contributed by atoms with E-state index >= 15 is 0 Å². The van der Waals surface area contributed by atoms with Gasteiger partial charge in [-0.15, -0.1) is 0 Å². The van der Waals surface area contributed by atoms with E-state index in [1.807, 2.05) is 72.6 Å². The fourth-order valence-corrected chi connectivity index (χ4v) is 4.49. The van der Waals surface area contributed by atoms with Crippen molar-refractivity contribution >= 4 is 5.97 Å². The summed E-state index contributed by atoms with van der Waals surface area (Å²) in [6.45, 7) is 1.67. The average Bonchev–Trinajstić information content (AvgIpc) is 3.52. The summed E-state index contributed by atoms with van der Waals surface area (Å²) in [6, 6.07) is 19.2. The molecule has 0 aliphatic carbocycles. The van der Waals surface area contributed by atoms with Gasteiger partial charge in [0.2, 0.25) is 5.82 Å². The molecule has 35 heavy (non-hydrogen) atoms. The highest BCUT2D eigenvalue weighted by molar-refractivity contribution is 5.70. The number of benzene rings is 2. The molecule has 1 aliphatic rings. The Morgan fingerprint density at radius 3 is 2.66 bits per heavy atom. The van der Waals surface area contributed by atoms with Crippen molar-refractivity contribution in [3.8, 4) is 34.2 Å². The molecule has 0 amide bonds. The van der Waals surface area contributed by atoms with Crippen LogP contribution in [-0.2, 0) is 11.8 Å². The number of aliphatic hydroxyl groups is 1. The zero-order chi connectivity index (χ0) is 24.4. The third-order valence-electron chi connectivity index (χ3n) is 6.43. The lowest BCUT2D eigenvalue weighted by Gasteiger charge is -2.32. The molecule has 9 nitrogen and oxygen atoms in total. The zero-order valence-electron chi connectivity index (χ0n) is 19.4. The van der Waals surface area contributed by atoms with Crippen molar-refractivity contribution in [3.63, 3.8) is 0 Å². The minimum Gasteiger partial charge on any atom is -0.481 e. The standard InChI is InChI=1S/C26H27N5O4/c1-30-22(14-21(28-30)17-6-3-2-4-7-17)25-27-24(29-35-25)19-11-9-18(10-12-19)23(32)16-31-13-5-8-20(15-31)26(33)34/h2-4,6-7,9-12,14,20,23,32H,5,8,13,15-16H2,1H3,(H,33,34). The topological polar surface area (TPSA) is 118 Å². The Kier molecular flexibility index (Phi) is 6.43. The van der Waals surface area contributed by atoms with Gasteiger partial charge in [-0.2, -0.15) is 10.1 Å². The third-order valence-corrected chi connectivity index (χ3v) is 6.43. The van der Waals surface area contributed by atoms with Crippen LogP contribution in [0, 0.1) is 5.92 Å². The summed E-state index contributed by atoms with van der Waals surface area (Å²) in [5.74, 6) is -0.312. The lowest BCUT2D eigenvalue weighted by Crippen LogP contribution is -2.40. The van der Waals surface area contributed by atoms with Crippen LogP contribution in [-0.4, -0.2) is 60.6 Å². The highest BCUT2D eigenvalue weighted by Gasteiger charge is 2.26. The van der Waals surface area contributed by atoms with Crippen LogP contribution in [0.5, 0.6) is 0 Å². The molecule has 1 aliphatic heterocycles. The van der Waals surface area contributed by atoms with Gasteiger partial charge in [-0.05, 0) is 31.0 Å². The van der Waals surface area contributed by atoms with E-state index in [2.05, 4.69) is 15.2 Å². The number of aliphatic hydroxyl groups excluding tert-OH is 1. The fraction of sp³-hybridized carbons (Fsp3) is 0.308. The highest BCUT2D eigenvalue weighted by atomic mass is 16.5. The van der Waals surface area contributed by atoms with Crippen molar-refractivity contribution in [1.29, 1.82) is 0 Å². The smallest absolute Gasteiger partial charge is 0.307 e. The van der Waals surface area contributed by atoms with Crippen LogP contribution in [0.1, 0.15) is 24.5 Å². The van der Waals surface area contributed by atoms with Crippen molar-refractivity contribution in [2.24, 2.45) is 13.0 Å². The first-order valence-electron chi connectivity index (χ1n) is 11.6. The van der Waals surface area contributed by atoms with Gasteiger partial charge in [-0.1, -0.05) is 59.8 Å². The van der Waals surface area contributed by atoms with Gasteiger partial charge in [-0.25, -0.2) is 0 Å². The normalized spacial score (nSPS) is 17.4. The van der Waals surface area contributed by atoms with E-state index in [-0.39, 0.29) is 5.92 Å². The third kappa shape index (κ3) is 5.01. The minimum absolute atomic E-state index is 0.367. The molecular formula is C26H27N5O4. The van der Waals surface area contributed by atoms with Gasteiger partial charge < -0.3 is 14.7 Å². The summed E-state index contributed by atoms with van der Waals surface area (Å²) in [7, 11) is 1.84. The maximum absolute atomic E-state index is 11.3. The first-order chi connectivity index (χ1) is 17.0. The molecule has 2 unspecified atom stereocenters. The molecule has 9 heteroatoms. The molecule has 0 spiro atoms. The largest absolute Gasteiger partial charge is 0.481 e. The van der Waals surface area contributed by atoms with Gasteiger partial charge in [0.05, 0.1) is 17.7 Å². The lowest BCUT2D eigenvalue weighted by atomic mass is 9.97. The maximum atomic E-state index is 11.3. The van der Waals surface area contributed by atoms with Gasteiger partial charge in [0.1, 0.15) is 5.69 Å². The SMILES string of the molecule is Cn1nc(-c2ccccc2)cc1-c1nc(-c2ccc(C(O)CN3CCCC(C(=O)O)C3)cc2)no1. The number of carboxylic acid groups (broad SMARTS) is 1. The molecule has 2 aromatic heterocycles. The average molecular weight is 474 g/mol. The van der Waals surface area contributed by atoms with Gasteiger partial charge in [0.15, 0.2) is 0 Å². The first-order valence-corrected chi connectivity index (χ1v) is 11.6. The summed E-state index contributed by atoms with van der Waals surface area (Å²) in [5, 5.41) is 28.6. The molecular weight excluding hydrogens is 446 g/mol. The molecule has 3 heterocycles. The second-order valence-corrected chi connectivity index (χ2v) is 8.90. The van der Waals surface area contributed by atoms with E-state index in [0.29, 0.717) is 31.2 Å². The quantitative estimate of drug-likeness (QED) is 0.418. The number of rotatable bonds is 7. The van der Waals surface area contributed by atoms with Crippen LogP contribution in [0.2, 0.25) is 0 Å². The van der Waals surface area contributed by atoms with Crippen LogP contribution in [0.25, 0.3) is 34.2 Å². The van der Waals surface area contributed by atoms with Crippen LogP contribution in [0.15, 0.2) is 65.2 Å². The minimum atomic E-state index is -0.768. The molecule has 2 atom stereocenters. The molecule has 0 radical (unpaired) electrons. The summed E-state index contributed by atoms with van der Waals surface area (Å²) < 4.78 is 7.23. The first kappa shape index (κ1) is 22.9. The number of carboxylic acids is 1. The number of carbonyl (C=O) groups is 1. The number of hydrogen-bond acceptors (Lipinski definition) is 7. The number of piperidine rings is 1. The molecule has 2 aromatic carbocycles. The molecule has 4 aromatic rings. The second kappa shape index (κ2) is 9.81. The van der Waals surface area contributed by atoms with Gasteiger partial charge in [0.25, 0.3) is 5.89 Å². The van der Waals surface area contributed by atoms with E-state index in [1.54, 1.807) is 4.68 Å². The van der Waals surface area contributed by atoms with Crippen molar-refractivity contribution in [2.75, 3.05) is 19.6 Å². The van der Waals surface area contributed by atoms with Crippen molar-refractivity contribution in [3.05, 3.63) is 66.2 Å². The Labute approximate surface area is 202 Å². The van der Waals surface area contributed by atoms with Crippen LogP contribution in [0.3, 0.4) is 0 Å². The number of aryl methyl sites for hydroxylation is 1. The van der Waals surface area contributed by atoms with Gasteiger partial charge >= 0.3 is 5.97 Å². The zero-order valence-corrected chi connectivity index (χ0v) is 19.4. The van der Waals surface area contributed by atoms with E-state index in [1.165, 1.54) is 0 Å². The monoisotopic (exact) mass is 473 g/mol. The second-order valence-electron chi connectivity index (χ2n) is 8.90. The van der Waals surface area contributed by atoms with Crippen LogP contribution in [0.4, 0.5) is 0 Å². The number of aliphatic carboxylic acids is 1. The Bertz CT molecular complexity index is 1300. The van der Waals surface area contributed by atoms with Gasteiger partial charge in [0, 0.05) is 31.3 Å². The number of nitrogens with zero attached hydrogens (tertiary/aromatic N) is 5. The summed E-state index contributed by atoms with van der Waals surface area (Å²) in [4.78, 5) is 17.9. The Hall–Kier alpha value is -3.82. The van der Waals surface area contributed by atoms with Crippen LogP contribution < -0.4 is 0 Å². The maximum Gasteiger partial charge on any atom is 0.307 e. The van der Waals surface area contributed by atoms with Crippen molar-refractivity contribution in [2.45, 2.75) is 18.9 Å².